The van der Waals surface area contributed by atoms with Crippen molar-refractivity contribution in [1.82, 2.24) is 4.90 Å². The van der Waals surface area contributed by atoms with E-state index in [-0.39, 0.29) is 11.9 Å². The molecule has 0 aromatic rings. The Hall–Kier alpha value is -0.640. The number of carbonyl (C=O) groups is 1. The van der Waals surface area contributed by atoms with Crippen molar-refractivity contribution in [3.63, 3.8) is 0 Å². The molecular weight excluding hydrogens is 198 g/mol. The molecule has 1 rings (SSSR count). The first-order chi connectivity index (χ1) is 6.57. The number of hydrogen-bond donors (Lipinski definition) is 0. The van der Waals surface area contributed by atoms with Crippen LogP contribution in [0.5, 0.6) is 0 Å². The molecule has 1 aliphatic rings. The van der Waals surface area contributed by atoms with Crippen molar-refractivity contribution >= 4 is 23.3 Å². The summed E-state index contributed by atoms with van der Waals surface area (Å²) in [6, 6.07) is 0.126. The second-order valence-corrected chi connectivity index (χ2v) is 4.25. The molecule has 0 aromatic carbocycles. The number of ether oxygens (including phenoxy) is 1. The van der Waals surface area contributed by atoms with Crippen molar-refractivity contribution in [2.75, 3.05) is 6.61 Å². The van der Waals surface area contributed by atoms with Gasteiger partial charge >= 0.3 is 0 Å². The van der Waals surface area contributed by atoms with E-state index in [0.717, 1.165) is 6.42 Å². The van der Waals surface area contributed by atoms with E-state index in [1.807, 2.05) is 6.92 Å². The number of amides is 1. The van der Waals surface area contributed by atoms with Gasteiger partial charge in [-0.05, 0) is 24.6 Å². The van der Waals surface area contributed by atoms with E-state index in [2.05, 4.69) is 13.8 Å². The van der Waals surface area contributed by atoms with E-state index in [1.54, 1.807) is 4.90 Å². The van der Waals surface area contributed by atoms with Gasteiger partial charge < -0.3 is 4.74 Å². The van der Waals surface area contributed by atoms with Gasteiger partial charge in [-0.2, -0.15) is 0 Å². The summed E-state index contributed by atoms with van der Waals surface area (Å²) in [5.74, 6) is 0.477. The van der Waals surface area contributed by atoms with Gasteiger partial charge in [-0.25, -0.2) is 0 Å². The Labute approximate surface area is 90.4 Å². The highest BCUT2D eigenvalue weighted by molar-refractivity contribution is 7.80. The average molecular weight is 215 g/mol. The molecule has 0 radical (unpaired) electrons. The molecule has 4 heteroatoms. The minimum Gasteiger partial charge on any atom is -0.468 e. The number of thiocarbonyl (C=S) groups is 1. The topological polar surface area (TPSA) is 29.5 Å². The van der Waals surface area contributed by atoms with Crippen LogP contribution in [0.4, 0.5) is 0 Å². The highest BCUT2D eigenvalue weighted by Crippen LogP contribution is 2.20. The minimum absolute atomic E-state index is 0.0914. The second-order valence-electron chi connectivity index (χ2n) is 3.90. The van der Waals surface area contributed by atoms with Crippen LogP contribution in [-0.2, 0) is 9.53 Å². The number of hydrogen-bond acceptors (Lipinski definition) is 3. The third-order valence-electron chi connectivity index (χ3n) is 2.41. The Morgan fingerprint density at radius 1 is 1.71 bits per heavy atom. The van der Waals surface area contributed by atoms with Crippen LogP contribution in [-0.4, -0.2) is 28.6 Å². The van der Waals surface area contributed by atoms with Gasteiger partial charge in [0.2, 0.25) is 5.91 Å². The molecule has 1 fully saturated rings. The first-order valence-electron chi connectivity index (χ1n) is 5.06. The second kappa shape index (κ2) is 4.73. The van der Waals surface area contributed by atoms with Crippen molar-refractivity contribution in [3.8, 4) is 0 Å². The molecular formula is C10H17NO2S. The normalized spacial score (nSPS) is 21.6. The quantitative estimate of drug-likeness (QED) is 0.674. The maximum atomic E-state index is 11.7. The van der Waals surface area contributed by atoms with Crippen LogP contribution in [0.1, 0.15) is 33.6 Å². The van der Waals surface area contributed by atoms with Crippen LogP contribution >= 0.6 is 12.2 Å². The lowest BCUT2D eigenvalue weighted by atomic mass is 10.0. The van der Waals surface area contributed by atoms with Gasteiger partial charge in [0.25, 0.3) is 5.17 Å². The highest BCUT2D eigenvalue weighted by atomic mass is 32.1. The van der Waals surface area contributed by atoms with Crippen LogP contribution < -0.4 is 0 Å². The molecule has 0 bridgehead atoms. The fourth-order valence-corrected chi connectivity index (χ4v) is 1.85. The minimum atomic E-state index is 0.0914. The van der Waals surface area contributed by atoms with E-state index < -0.39 is 0 Å². The van der Waals surface area contributed by atoms with Crippen molar-refractivity contribution in [1.29, 1.82) is 0 Å². The summed E-state index contributed by atoms with van der Waals surface area (Å²) < 4.78 is 5.24. The van der Waals surface area contributed by atoms with Gasteiger partial charge in [0.15, 0.2) is 0 Å². The summed E-state index contributed by atoms with van der Waals surface area (Å²) in [5, 5.41) is 0.349. The molecule has 0 unspecified atom stereocenters. The van der Waals surface area contributed by atoms with Crippen molar-refractivity contribution < 1.29 is 9.53 Å². The maximum absolute atomic E-state index is 11.7. The Kier molecular flexibility index (Phi) is 3.86. The fourth-order valence-electron chi connectivity index (χ4n) is 1.55. The van der Waals surface area contributed by atoms with Crippen molar-refractivity contribution in [2.45, 2.75) is 39.7 Å². The Bertz CT molecular complexity index is 240. The molecule has 0 saturated carbocycles. The van der Waals surface area contributed by atoms with Gasteiger partial charge in [-0.3, -0.25) is 9.69 Å². The van der Waals surface area contributed by atoms with Gasteiger partial charge in [0.1, 0.15) is 6.61 Å². The standard InChI is InChI=1S/C10H17NO2S/c1-4-5-9(12)11-8(7(2)3)6-13-10(11)14/h7-8H,4-6H2,1-3H3/t8-/m1/s1. The summed E-state index contributed by atoms with van der Waals surface area (Å²) in [6.45, 7) is 6.69. The van der Waals surface area contributed by atoms with E-state index in [0.29, 0.717) is 24.1 Å². The van der Waals surface area contributed by atoms with Gasteiger partial charge in [-0.1, -0.05) is 20.8 Å². The predicted molar refractivity (Wildman–Crippen MR) is 58.9 cm³/mol. The Morgan fingerprint density at radius 2 is 2.36 bits per heavy atom. The summed E-state index contributed by atoms with van der Waals surface area (Å²) in [5.41, 5.74) is 0. The molecule has 0 aliphatic carbocycles. The molecule has 1 amide bonds. The molecule has 1 atom stereocenters. The monoisotopic (exact) mass is 215 g/mol. The smallest absolute Gasteiger partial charge is 0.266 e. The SMILES string of the molecule is CCCC(=O)N1C(=S)OC[C@@H]1C(C)C. The summed E-state index contributed by atoms with van der Waals surface area (Å²) in [7, 11) is 0. The molecule has 80 valence electrons. The Morgan fingerprint density at radius 3 is 2.86 bits per heavy atom. The van der Waals surface area contributed by atoms with Gasteiger partial charge in [0, 0.05) is 6.42 Å². The van der Waals surface area contributed by atoms with Crippen molar-refractivity contribution in [3.05, 3.63) is 0 Å². The molecule has 1 heterocycles. The van der Waals surface area contributed by atoms with E-state index in [9.17, 15) is 4.79 Å². The number of nitrogens with zero attached hydrogens (tertiary/aromatic N) is 1. The zero-order chi connectivity index (χ0) is 10.7. The largest absolute Gasteiger partial charge is 0.468 e. The molecule has 0 N–H and O–H groups in total. The van der Waals surface area contributed by atoms with E-state index in [4.69, 9.17) is 17.0 Å². The lowest BCUT2D eigenvalue weighted by Crippen LogP contribution is -2.41. The lowest BCUT2D eigenvalue weighted by Gasteiger charge is -2.23. The van der Waals surface area contributed by atoms with Crippen LogP contribution in [0.2, 0.25) is 0 Å². The van der Waals surface area contributed by atoms with Crippen LogP contribution in [0.15, 0.2) is 0 Å². The average Bonchev–Trinajstić information content (AvgIpc) is 2.47. The third-order valence-corrected chi connectivity index (χ3v) is 2.72. The van der Waals surface area contributed by atoms with Gasteiger partial charge in [0.05, 0.1) is 6.04 Å². The zero-order valence-corrected chi connectivity index (χ0v) is 9.76. The number of carbonyl (C=O) groups excluding carboxylic acids is 1. The summed E-state index contributed by atoms with van der Waals surface area (Å²) >= 11 is 5.01. The molecule has 0 aromatic heterocycles. The summed E-state index contributed by atoms with van der Waals surface area (Å²) in [6.07, 6.45) is 1.40. The van der Waals surface area contributed by atoms with Gasteiger partial charge in [-0.15, -0.1) is 0 Å². The van der Waals surface area contributed by atoms with Crippen molar-refractivity contribution in [2.24, 2.45) is 5.92 Å². The zero-order valence-electron chi connectivity index (χ0n) is 8.95. The van der Waals surface area contributed by atoms with E-state index in [1.165, 1.54) is 0 Å². The van der Waals surface area contributed by atoms with Crippen LogP contribution in [0.3, 0.4) is 0 Å². The van der Waals surface area contributed by atoms with Crippen LogP contribution in [0.25, 0.3) is 0 Å². The molecule has 0 spiro atoms. The van der Waals surface area contributed by atoms with Crippen LogP contribution in [0, 0.1) is 5.92 Å². The molecule has 3 nitrogen and oxygen atoms in total. The first-order valence-corrected chi connectivity index (χ1v) is 5.47. The number of rotatable bonds is 3. The fraction of sp³-hybridized carbons (Fsp3) is 0.800. The molecule has 14 heavy (non-hydrogen) atoms. The lowest BCUT2D eigenvalue weighted by molar-refractivity contribution is -0.128. The third kappa shape index (κ3) is 2.23. The molecule has 1 saturated heterocycles. The predicted octanol–water partition coefficient (Wildman–Crippen LogP) is 1.95. The highest BCUT2D eigenvalue weighted by Gasteiger charge is 2.36. The maximum Gasteiger partial charge on any atom is 0.266 e. The Balaban J connectivity index is 2.71. The summed E-state index contributed by atoms with van der Waals surface area (Å²) in [4.78, 5) is 13.4. The molecule has 1 aliphatic heterocycles. The first kappa shape index (κ1) is 11.4. The van der Waals surface area contributed by atoms with E-state index >= 15 is 0 Å².